The summed E-state index contributed by atoms with van der Waals surface area (Å²) in [6, 6.07) is 0. The maximum absolute atomic E-state index is 11.9. The summed E-state index contributed by atoms with van der Waals surface area (Å²) in [7, 11) is 11.2. The fourth-order valence-electron chi connectivity index (χ4n) is 1.97. The van der Waals surface area contributed by atoms with Gasteiger partial charge in [0.25, 0.3) is 0 Å². The molecular weight excluding hydrogens is 268 g/mol. The molecule has 1 fully saturated rings. The number of hydrogen-bond donors (Lipinski definition) is 4. The number of nitrogens with zero attached hydrogens (tertiary/aromatic N) is 2. The van der Waals surface area contributed by atoms with E-state index in [1.165, 1.54) is 0 Å². The molecule has 0 bridgehead atoms. The number of aliphatic hydroxyl groups is 3. The highest BCUT2D eigenvalue weighted by molar-refractivity contribution is 6.48. The fourth-order valence-corrected chi connectivity index (χ4v) is 1.97. The maximum atomic E-state index is 11.9. The standard InChI is InChI=1S/C9H11B2N3O6/c10-3-6(11)14(9(18)13-7(3)20-12)8-5(17)4(16)2(1-15)19-8/h2,4-5,8,15-17H,1,12H2. The first-order chi connectivity index (χ1) is 9.42. The van der Waals surface area contributed by atoms with Gasteiger partial charge in [-0.25, -0.2) is 4.79 Å². The minimum Gasteiger partial charge on any atom is -0.394 e. The van der Waals surface area contributed by atoms with Crippen molar-refractivity contribution in [1.29, 1.82) is 0 Å². The van der Waals surface area contributed by atoms with Gasteiger partial charge in [-0.2, -0.15) is 10.9 Å². The highest BCUT2D eigenvalue weighted by atomic mass is 16.6. The Labute approximate surface area is 115 Å². The van der Waals surface area contributed by atoms with Crippen LogP contribution in [-0.2, 0) is 4.74 Å². The summed E-state index contributed by atoms with van der Waals surface area (Å²) in [6.07, 6.45) is -5.27. The van der Waals surface area contributed by atoms with E-state index in [1.807, 2.05) is 0 Å². The third kappa shape index (κ3) is 2.23. The zero-order chi connectivity index (χ0) is 15.0. The first-order valence-corrected chi connectivity index (χ1v) is 5.59. The maximum Gasteiger partial charge on any atom is 0.352 e. The summed E-state index contributed by atoms with van der Waals surface area (Å²) >= 11 is 0. The lowest BCUT2D eigenvalue weighted by Gasteiger charge is -2.22. The van der Waals surface area contributed by atoms with Crippen LogP contribution in [0.25, 0.3) is 0 Å². The third-order valence-electron chi connectivity index (χ3n) is 3.05. The molecule has 11 heteroatoms. The number of ether oxygens (including phenoxy) is 1. The summed E-state index contributed by atoms with van der Waals surface area (Å²) < 4.78 is 5.93. The van der Waals surface area contributed by atoms with E-state index in [0.29, 0.717) is 0 Å². The summed E-state index contributed by atoms with van der Waals surface area (Å²) in [5, 5.41) is 28.5. The molecule has 1 saturated heterocycles. The smallest absolute Gasteiger partial charge is 0.352 e. The van der Waals surface area contributed by atoms with Crippen molar-refractivity contribution in [3.05, 3.63) is 10.5 Å². The topological polar surface area (TPSA) is 140 Å². The second-order valence-corrected chi connectivity index (χ2v) is 4.22. The van der Waals surface area contributed by atoms with Gasteiger partial charge in [-0.3, -0.25) is 4.57 Å². The van der Waals surface area contributed by atoms with Crippen LogP contribution >= 0.6 is 0 Å². The minimum atomic E-state index is -1.49. The van der Waals surface area contributed by atoms with Crippen LogP contribution in [0.4, 0.5) is 0 Å². The van der Waals surface area contributed by atoms with Crippen LogP contribution in [-0.4, -0.2) is 65.5 Å². The van der Waals surface area contributed by atoms with Crippen LogP contribution in [0.1, 0.15) is 6.23 Å². The van der Waals surface area contributed by atoms with Crippen LogP contribution in [0.15, 0.2) is 4.79 Å². The Balaban J connectivity index is 2.49. The van der Waals surface area contributed by atoms with E-state index in [-0.39, 0.29) is 16.9 Å². The molecule has 1 aromatic rings. The van der Waals surface area contributed by atoms with Crippen molar-refractivity contribution >= 4 is 26.7 Å². The molecule has 2 rings (SSSR count). The van der Waals surface area contributed by atoms with Gasteiger partial charge in [0.05, 0.1) is 6.61 Å². The van der Waals surface area contributed by atoms with E-state index in [2.05, 4.69) is 9.82 Å². The second kappa shape index (κ2) is 5.54. The molecule has 104 valence electrons. The van der Waals surface area contributed by atoms with Crippen molar-refractivity contribution in [2.75, 3.05) is 6.61 Å². The van der Waals surface area contributed by atoms with E-state index in [0.717, 1.165) is 4.57 Å². The minimum absolute atomic E-state index is 0.218. The second-order valence-electron chi connectivity index (χ2n) is 4.22. The largest absolute Gasteiger partial charge is 0.394 e. The Morgan fingerprint density at radius 3 is 2.55 bits per heavy atom. The Morgan fingerprint density at radius 2 is 2.05 bits per heavy atom. The zero-order valence-electron chi connectivity index (χ0n) is 10.2. The van der Waals surface area contributed by atoms with E-state index in [1.54, 1.807) is 0 Å². The summed E-state index contributed by atoms with van der Waals surface area (Å²) in [6.45, 7) is -0.545. The molecule has 4 unspecified atom stereocenters. The predicted molar refractivity (Wildman–Crippen MR) is 67.1 cm³/mol. The SMILES string of the molecule is [B]c1c(ON)nc(=O)n(C2OC(CO)C(O)C2O)c1[B]. The molecule has 0 aliphatic carbocycles. The van der Waals surface area contributed by atoms with E-state index in [4.69, 9.17) is 31.4 Å². The number of nitrogens with two attached hydrogens (primary N) is 1. The van der Waals surface area contributed by atoms with Gasteiger partial charge in [0.1, 0.15) is 34.0 Å². The van der Waals surface area contributed by atoms with E-state index in [9.17, 15) is 15.0 Å². The van der Waals surface area contributed by atoms with Crippen molar-refractivity contribution in [1.82, 2.24) is 9.55 Å². The molecule has 0 spiro atoms. The van der Waals surface area contributed by atoms with Crippen LogP contribution in [0, 0.1) is 0 Å². The van der Waals surface area contributed by atoms with Crippen molar-refractivity contribution in [2.45, 2.75) is 24.5 Å². The molecular formula is C9H11B2N3O6. The molecule has 2 heterocycles. The lowest BCUT2D eigenvalue weighted by molar-refractivity contribution is -0.0534. The molecule has 9 nitrogen and oxygen atoms in total. The Morgan fingerprint density at radius 1 is 1.40 bits per heavy atom. The zero-order valence-corrected chi connectivity index (χ0v) is 10.2. The fraction of sp³-hybridized carbons (Fsp3) is 0.556. The molecule has 1 aliphatic rings. The number of aliphatic hydroxyl groups excluding tert-OH is 3. The van der Waals surface area contributed by atoms with Crippen LogP contribution in [0.3, 0.4) is 0 Å². The van der Waals surface area contributed by atoms with Gasteiger partial charge < -0.3 is 24.9 Å². The molecule has 4 radical (unpaired) electrons. The van der Waals surface area contributed by atoms with Crippen molar-refractivity contribution in [3.63, 3.8) is 0 Å². The molecule has 0 saturated carbocycles. The normalized spacial score (nSPS) is 29.6. The lowest BCUT2D eigenvalue weighted by atomic mass is 9.85. The first kappa shape index (κ1) is 15.0. The molecule has 0 aromatic carbocycles. The molecule has 0 amide bonds. The molecule has 5 N–H and O–H groups in total. The van der Waals surface area contributed by atoms with Gasteiger partial charge in [-0.15, -0.1) is 0 Å². The number of rotatable bonds is 3. The quantitative estimate of drug-likeness (QED) is 0.317. The average Bonchev–Trinajstić information content (AvgIpc) is 2.71. The van der Waals surface area contributed by atoms with Gasteiger partial charge in [0, 0.05) is 0 Å². The average molecular weight is 279 g/mol. The van der Waals surface area contributed by atoms with Gasteiger partial charge >= 0.3 is 5.69 Å². The Hall–Kier alpha value is -1.39. The van der Waals surface area contributed by atoms with Crippen LogP contribution < -0.4 is 27.5 Å². The first-order valence-electron chi connectivity index (χ1n) is 5.59. The Kier molecular flexibility index (Phi) is 4.16. The van der Waals surface area contributed by atoms with E-state index < -0.39 is 36.8 Å². The summed E-state index contributed by atoms with van der Waals surface area (Å²) in [4.78, 5) is 19.6. The highest BCUT2D eigenvalue weighted by Gasteiger charge is 2.44. The summed E-state index contributed by atoms with van der Waals surface area (Å²) in [5.74, 6) is 4.52. The van der Waals surface area contributed by atoms with Gasteiger partial charge in [-0.1, -0.05) is 0 Å². The van der Waals surface area contributed by atoms with Crippen LogP contribution in [0.2, 0.25) is 0 Å². The van der Waals surface area contributed by atoms with Crippen molar-refractivity contribution < 1.29 is 24.9 Å². The lowest BCUT2D eigenvalue weighted by Crippen LogP contribution is -2.49. The molecule has 4 atom stereocenters. The third-order valence-corrected chi connectivity index (χ3v) is 3.05. The van der Waals surface area contributed by atoms with Crippen molar-refractivity contribution in [2.24, 2.45) is 5.90 Å². The monoisotopic (exact) mass is 279 g/mol. The number of aromatic nitrogens is 2. The van der Waals surface area contributed by atoms with Gasteiger partial charge in [-0.05, 0) is 11.1 Å². The van der Waals surface area contributed by atoms with Gasteiger partial charge in [0.15, 0.2) is 6.23 Å². The van der Waals surface area contributed by atoms with Gasteiger partial charge in [0.2, 0.25) is 5.88 Å². The summed E-state index contributed by atoms with van der Waals surface area (Å²) in [5.41, 5.74) is -1.45. The van der Waals surface area contributed by atoms with Crippen molar-refractivity contribution in [3.8, 4) is 5.88 Å². The van der Waals surface area contributed by atoms with Crippen LogP contribution in [0.5, 0.6) is 5.88 Å². The highest BCUT2D eigenvalue weighted by Crippen LogP contribution is 2.27. The molecule has 1 aromatic heterocycles. The predicted octanol–water partition coefficient (Wildman–Crippen LogP) is -5.31. The van der Waals surface area contributed by atoms with E-state index >= 15 is 0 Å². The molecule has 1 aliphatic heterocycles. The Bertz CT molecular complexity index is 567. The number of hydrogen-bond acceptors (Lipinski definition) is 8. The molecule has 20 heavy (non-hydrogen) atoms.